The summed E-state index contributed by atoms with van der Waals surface area (Å²) in [5.41, 5.74) is 2.55. The summed E-state index contributed by atoms with van der Waals surface area (Å²) >= 11 is 0. The number of urea groups is 1. The van der Waals surface area contributed by atoms with Crippen molar-refractivity contribution in [1.82, 2.24) is 10.2 Å². The first-order valence-corrected chi connectivity index (χ1v) is 8.38. The van der Waals surface area contributed by atoms with E-state index in [0.717, 1.165) is 32.2 Å². The smallest absolute Gasteiger partial charge is 0.318 e. The third kappa shape index (κ3) is 3.39. The maximum atomic E-state index is 12.6. The van der Waals surface area contributed by atoms with Crippen molar-refractivity contribution >= 4 is 6.03 Å². The van der Waals surface area contributed by atoms with Gasteiger partial charge in [0.15, 0.2) is 0 Å². The number of hydrogen-bond donors (Lipinski definition) is 1. The fourth-order valence-corrected chi connectivity index (χ4v) is 3.74. The van der Waals surface area contributed by atoms with Crippen molar-refractivity contribution in [2.24, 2.45) is 0 Å². The normalized spacial score (nSPS) is 23.3. The van der Waals surface area contributed by atoms with Gasteiger partial charge in [0.25, 0.3) is 0 Å². The molecule has 0 bridgehead atoms. The molecule has 2 amide bonds. The molecule has 114 valence electrons. The minimum absolute atomic E-state index is 0.144. The van der Waals surface area contributed by atoms with Crippen LogP contribution in [0.15, 0.2) is 24.3 Å². The zero-order chi connectivity index (χ0) is 14.7. The van der Waals surface area contributed by atoms with Crippen molar-refractivity contribution in [3.05, 3.63) is 35.4 Å². The SMILES string of the molecule is Cc1cccc(C2CCCN2C(=O)NC2CCCCC2)c1. The van der Waals surface area contributed by atoms with Gasteiger partial charge in [-0.3, -0.25) is 0 Å². The van der Waals surface area contributed by atoms with Crippen LogP contribution in [0.4, 0.5) is 4.79 Å². The predicted octanol–water partition coefficient (Wildman–Crippen LogP) is 4.17. The van der Waals surface area contributed by atoms with Crippen molar-refractivity contribution < 1.29 is 4.79 Å². The van der Waals surface area contributed by atoms with E-state index in [4.69, 9.17) is 0 Å². The Balaban J connectivity index is 1.67. The summed E-state index contributed by atoms with van der Waals surface area (Å²) in [7, 11) is 0. The van der Waals surface area contributed by atoms with E-state index in [2.05, 4.69) is 36.5 Å². The second-order valence-corrected chi connectivity index (χ2v) is 6.55. The number of aryl methyl sites for hydroxylation is 1. The van der Waals surface area contributed by atoms with Crippen molar-refractivity contribution in [3.63, 3.8) is 0 Å². The Kier molecular flexibility index (Phi) is 4.47. The Hall–Kier alpha value is -1.51. The molecule has 3 heteroatoms. The number of carbonyl (C=O) groups is 1. The van der Waals surface area contributed by atoms with Crippen LogP contribution in [0.25, 0.3) is 0 Å². The molecule has 1 aliphatic carbocycles. The lowest BCUT2D eigenvalue weighted by atomic mass is 9.95. The molecule has 0 aromatic heterocycles. The van der Waals surface area contributed by atoms with E-state index in [1.165, 1.54) is 30.4 Å². The molecule has 0 spiro atoms. The highest BCUT2D eigenvalue weighted by Gasteiger charge is 2.31. The molecule has 1 heterocycles. The van der Waals surface area contributed by atoms with Gasteiger partial charge in [-0.15, -0.1) is 0 Å². The molecule has 1 aromatic rings. The van der Waals surface area contributed by atoms with Gasteiger partial charge in [0, 0.05) is 12.6 Å². The first kappa shape index (κ1) is 14.4. The van der Waals surface area contributed by atoms with Crippen molar-refractivity contribution in [3.8, 4) is 0 Å². The van der Waals surface area contributed by atoms with E-state index in [-0.39, 0.29) is 12.1 Å². The summed E-state index contributed by atoms with van der Waals surface area (Å²) < 4.78 is 0. The predicted molar refractivity (Wildman–Crippen MR) is 85.3 cm³/mol. The summed E-state index contributed by atoms with van der Waals surface area (Å²) in [5.74, 6) is 0. The lowest BCUT2D eigenvalue weighted by Gasteiger charge is -2.29. The molecule has 0 radical (unpaired) electrons. The van der Waals surface area contributed by atoms with Crippen LogP contribution in [0.5, 0.6) is 0 Å². The zero-order valence-corrected chi connectivity index (χ0v) is 13.0. The van der Waals surface area contributed by atoms with Crippen LogP contribution in [0, 0.1) is 6.92 Å². The molecule has 1 aromatic carbocycles. The maximum absolute atomic E-state index is 12.6. The first-order chi connectivity index (χ1) is 10.2. The molecule has 1 saturated heterocycles. The average molecular weight is 286 g/mol. The lowest BCUT2D eigenvalue weighted by Crippen LogP contribution is -2.45. The van der Waals surface area contributed by atoms with Crippen LogP contribution in [-0.2, 0) is 0 Å². The standard InChI is InChI=1S/C18H26N2O/c1-14-7-5-8-15(13-14)17-11-6-12-20(17)18(21)19-16-9-3-2-4-10-16/h5,7-8,13,16-17H,2-4,6,9-12H2,1H3,(H,19,21). The summed E-state index contributed by atoms with van der Waals surface area (Å²) in [4.78, 5) is 14.6. The molecule has 1 N–H and O–H groups in total. The third-order valence-electron chi connectivity index (χ3n) is 4.87. The van der Waals surface area contributed by atoms with Crippen LogP contribution in [0.3, 0.4) is 0 Å². The Morgan fingerprint density at radius 2 is 1.95 bits per heavy atom. The van der Waals surface area contributed by atoms with Crippen LogP contribution >= 0.6 is 0 Å². The highest BCUT2D eigenvalue weighted by Crippen LogP contribution is 2.32. The number of amides is 2. The van der Waals surface area contributed by atoms with E-state index >= 15 is 0 Å². The second kappa shape index (κ2) is 6.50. The number of rotatable bonds is 2. The van der Waals surface area contributed by atoms with Crippen molar-refractivity contribution in [1.29, 1.82) is 0 Å². The molecule has 1 saturated carbocycles. The molecule has 3 nitrogen and oxygen atoms in total. The van der Waals surface area contributed by atoms with Gasteiger partial charge in [0.05, 0.1) is 6.04 Å². The van der Waals surface area contributed by atoms with Gasteiger partial charge in [-0.25, -0.2) is 4.79 Å². The first-order valence-electron chi connectivity index (χ1n) is 8.38. The number of likely N-dealkylation sites (tertiary alicyclic amines) is 1. The second-order valence-electron chi connectivity index (χ2n) is 6.55. The monoisotopic (exact) mass is 286 g/mol. The average Bonchev–Trinajstić information content (AvgIpc) is 2.98. The van der Waals surface area contributed by atoms with E-state index in [1.807, 2.05) is 4.90 Å². The summed E-state index contributed by atoms with van der Waals surface area (Å²) in [6, 6.07) is 9.38. The topological polar surface area (TPSA) is 32.3 Å². The highest BCUT2D eigenvalue weighted by molar-refractivity contribution is 5.75. The minimum atomic E-state index is 0.144. The largest absolute Gasteiger partial charge is 0.335 e. The summed E-state index contributed by atoms with van der Waals surface area (Å²) in [5, 5.41) is 3.26. The molecular formula is C18H26N2O. The number of carbonyl (C=O) groups excluding carboxylic acids is 1. The number of nitrogens with one attached hydrogen (secondary N) is 1. The van der Waals surface area contributed by atoms with Gasteiger partial charge in [0.1, 0.15) is 0 Å². The maximum Gasteiger partial charge on any atom is 0.318 e. The van der Waals surface area contributed by atoms with Crippen LogP contribution in [-0.4, -0.2) is 23.5 Å². The van der Waals surface area contributed by atoms with Crippen molar-refractivity contribution in [2.45, 2.75) is 64.0 Å². The zero-order valence-electron chi connectivity index (χ0n) is 13.0. The van der Waals surface area contributed by atoms with Gasteiger partial charge < -0.3 is 10.2 Å². The molecule has 2 fully saturated rings. The van der Waals surface area contributed by atoms with Gasteiger partial charge >= 0.3 is 6.03 Å². The fourth-order valence-electron chi connectivity index (χ4n) is 3.74. The minimum Gasteiger partial charge on any atom is -0.335 e. The van der Waals surface area contributed by atoms with E-state index in [9.17, 15) is 4.79 Å². The van der Waals surface area contributed by atoms with E-state index in [0.29, 0.717) is 6.04 Å². The Morgan fingerprint density at radius 1 is 1.14 bits per heavy atom. The van der Waals surface area contributed by atoms with Gasteiger partial charge in [0.2, 0.25) is 0 Å². The quantitative estimate of drug-likeness (QED) is 0.869. The van der Waals surface area contributed by atoms with Crippen LogP contribution in [0.1, 0.15) is 62.1 Å². The third-order valence-corrected chi connectivity index (χ3v) is 4.87. The number of benzene rings is 1. The number of hydrogen-bond acceptors (Lipinski definition) is 1. The Labute approximate surface area is 127 Å². The van der Waals surface area contributed by atoms with Gasteiger partial charge in [-0.2, -0.15) is 0 Å². The molecule has 21 heavy (non-hydrogen) atoms. The molecule has 1 unspecified atom stereocenters. The molecule has 3 rings (SSSR count). The van der Waals surface area contributed by atoms with Gasteiger partial charge in [-0.05, 0) is 38.2 Å². The summed E-state index contributed by atoms with van der Waals surface area (Å²) in [6.07, 6.45) is 8.32. The molecule has 1 aliphatic heterocycles. The molecular weight excluding hydrogens is 260 g/mol. The van der Waals surface area contributed by atoms with Gasteiger partial charge in [-0.1, -0.05) is 49.1 Å². The van der Waals surface area contributed by atoms with Crippen LogP contribution < -0.4 is 5.32 Å². The lowest BCUT2D eigenvalue weighted by molar-refractivity contribution is 0.185. The fraction of sp³-hybridized carbons (Fsp3) is 0.611. The molecule has 2 aliphatic rings. The Bertz CT molecular complexity index is 494. The summed E-state index contributed by atoms with van der Waals surface area (Å²) in [6.45, 7) is 3.00. The molecule has 1 atom stereocenters. The van der Waals surface area contributed by atoms with Crippen LogP contribution in [0.2, 0.25) is 0 Å². The number of nitrogens with zero attached hydrogens (tertiary/aromatic N) is 1. The Morgan fingerprint density at radius 3 is 2.71 bits per heavy atom. The van der Waals surface area contributed by atoms with Crippen molar-refractivity contribution in [2.75, 3.05) is 6.54 Å². The van der Waals surface area contributed by atoms with E-state index in [1.54, 1.807) is 0 Å². The highest BCUT2D eigenvalue weighted by atomic mass is 16.2. The van der Waals surface area contributed by atoms with E-state index < -0.39 is 0 Å².